The SMILES string of the molecule is CCOc1ccc(/C=C(/NC(=O)c2ccccc2)C(=O)Nc2cccc(SCC(=O)Nc3ccc(C)cc3)c2)cc1. The summed E-state index contributed by atoms with van der Waals surface area (Å²) in [4.78, 5) is 39.5. The first-order valence-electron chi connectivity index (χ1n) is 13.1. The number of aryl methyl sites for hydroxylation is 1. The smallest absolute Gasteiger partial charge is 0.272 e. The number of nitrogens with one attached hydrogen (secondary N) is 3. The van der Waals surface area contributed by atoms with Crippen LogP contribution in [-0.2, 0) is 9.59 Å². The monoisotopic (exact) mass is 565 g/mol. The summed E-state index contributed by atoms with van der Waals surface area (Å²) in [6.45, 7) is 4.44. The third-order valence-electron chi connectivity index (χ3n) is 5.83. The van der Waals surface area contributed by atoms with Gasteiger partial charge in [-0.05, 0) is 80.1 Å². The summed E-state index contributed by atoms with van der Waals surface area (Å²) < 4.78 is 5.50. The number of benzene rings is 4. The normalized spacial score (nSPS) is 10.9. The van der Waals surface area contributed by atoms with E-state index in [-0.39, 0.29) is 17.4 Å². The quantitative estimate of drug-likeness (QED) is 0.142. The predicted molar refractivity (Wildman–Crippen MR) is 165 cm³/mol. The van der Waals surface area contributed by atoms with E-state index in [1.165, 1.54) is 11.8 Å². The lowest BCUT2D eigenvalue weighted by Crippen LogP contribution is -2.30. The summed E-state index contributed by atoms with van der Waals surface area (Å²) in [7, 11) is 0. The fourth-order valence-electron chi connectivity index (χ4n) is 3.78. The minimum atomic E-state index is -0.484. The van der Waals surface area contributed by atoms with Crippen molar-refractivity contribution in [3.05, 3.63) is 126 Å². The van der Waals surface area contributed by atoms with Gasteiger partial charge in [-0.25, -0.2) is 0 Å². The standard InChI is InChI=1S/C33H31N3O4S/c1-3-40-28-18-14-24(15-19-28)20-30(36-32(38)25-8-5-4-6-9-25)33(39)35-27-10-7-11-29(21-27)41-22-31(37)34-26-16-12-23(2)13-17-26/h4-21H,3,22H2,1-2H3,(H,34,37)(H,35,39)(H,36,38)/b30-20+. The molecule has 0 saturated heterocycles. The molecule has 0 unspecified atom stereocenters. The first kappa shape index (κ1) is 29.2. The van der Waals surface area contributed by atoms with Gasteiger partial charge < -0.3 is 20.7 Å². The molecule has 0 radical (unpaired) electrons. The second-order valence-electron chi connectivity index (χ2n) is 9.07. The number of amides is 3. The van der Waals surface area contributed by atoms with Gasteiger partial charge in [0.25, 0.3) is 11.8 Å². The molecule has 7 nitrogen and oxygen atoms in total. The molecular weight excluding hydrogens is 534 g/mol. The van der Waals surface area contributed by atoms with E-state index < -0.39 is 11.8 Å². The summed E-state index contributed by atoms with van der Waals surface area (Å²) in [6.07, 6.45) is 1.61. The van der Waals surface area contributed by atoms with Gasteiger partial charge in [-0.3, -0.25) is 14.4 Å². The van der Waals surface area contributed by atoms with Crippen molar-refractivity contribution in [2.75, 3.05) is 23.0 Å². The third-order valence-corrected chi connectivity index (χ3v) is 6.82. The lowest BCUT2D eigenvalue weighted by Gasteiger charge is -2.12. The molecule has 0 saturated carbocycles. The van der Waals surface area contributed by atoms with Crippen molar-refractivity contribution in [1.29, 1.82) is 0 Å². The summed E-state index contributed by atoms with van der Waals surface area (Å²) in [5.41, 5.74) is 3.63. The Bertz CT molecular complexity index is 1520. The Morgan fingerprint density at radius 2 is 1.54 bits per heavy atom. The van der Waals surface area contributed by atoms with E-state index in [9.17, 15) is 14.4 Å². The summed E-state index contributed by atoms with van der Waals surface area (Å²) in [6, 6.07) is 30.7. The van der Waals surface area contributed by atoms with Crippen LogP contribution in [0.4, 0.5) is 11.4 Å². The maximum absolute atomic E-state index is 13.4. The van der Waals surface area contributed by atoms with Crippen LogP contribution in [0.5, 0.6) is 5.75 Å². The summed E-state index contributed by atoms with van der Waals surface area (Å²) in [5.74, 6) is -0.0889. The molecule has 0 fully saturated rings. The molecule has 0 bridgehead atoms. The molecule has 0 heterocycles. The topological polar surface area (TPSA) is 96.5 Å². The zero-order chi connectivity index (χ0) is 29.0. The second kappa shape index (κ2) is 14.5. The number of rotatable bonds is 11. The second-order valence-corrected chi connectivity index (χ2v) is 10.1. The van der Waals surface area contributed by atoms with E-state index in [1.807, 2.05) is 62.4 Å². The first-order chi connectivity index (χ1) is 19.9. The van der Waals surface area contributed by atoms with Crippen LogP contribution in [0.15, 0.2) is 114 Å². The Labute approximate surface area is 244 Å². The van der Waals surface area contributed by atoms with Gasteiger partial charge in [0.15, 0.2) is 0 Å². The minimum absolute atomic E-state index is 0.0820. The largest absolute Gasteiger partial charge is 0.494 e. The summed E-state index contributed by atoms with van der Waals surface area (Å²) >= 11 is 1.36. The molecule has 0 aliphatic heterocycles. The Hall–Kier alpha value is -4.82. The number of thioether (sulfide) groups is 1. The molecule has 4 aromatic carbocycles. The first-order valence-corrected chi connectivity index (χ1v) is 14.1. The molecule has 4 aromatic rings. The van der Waals surface area contributed by atoms with Gasteiger partial charge in [-0.1, -0.05) is 54.1 Å². The van der Waals surface area contributed by atoms with E-state index in [0.717, 1.165) is 21.7 Å². The molecule has 0 atom stereocenters. The van der Waals surface area contributed by atoms with Crippen LogP contribution in [0.25, 0.3) is 6.08 Å². The van der Waals surface area contributed by atoms with Gasteiger partial charge in [-0.15, -0.1) is 11.8 Å². The van der Waals surface area contributed by atoms with E-state index in [1.54, 1.807) is 60.7 Å². The fourth-order valence-corrected chi connectivity index (χ4v) is 4.54. The van der Waals surface area contributed by atoms with Gasteiger partial charge in [0.05, 0.1) is 12.4 Å². The Morgan fingerprint density at radius 1 is 0.805 bits per heavy atom. The molecule has 8 heteroatoms. The van der Waals surface area contributed by atoms with Crippen LogP contribution in [0, 0.1) is 6.92 Å². The number of carbonyl (C=O) groups is 3. The Kier molecular flexibility index (Phi) is 10.3. The zero-order valence-corrected chi connectivity index (χ0v) is 23.7. The highest BCUT2D eigenvalue weighted by atomic mass is 32.2. The van der Waals surface area contributed by atoms with Crippen molar-refractivity contribution in [3.8, 4) is 5.75 Å². The van der Waals surface area contributed by atoms with Gasteiger partial charge >= 0.3 is 0 Å². The van der Waals surface area contributed by atoms with E-state index in [2.05, 4.69) is 16.0 Å². The van der Waals surface area contributed by atoms with Crippen LogP contribution in [0.2, 0.25) is 0 Å². The predicted octanol–water partition coefficient (Wildman–Crippen LogP) is 6.53. The zero-order valence-electron chi connectivity index (χ0n) is 22.8. The maximum atomic E-state index is 13.4. The average molecular weight is 566 g/mol. The van der Waals surface area contributed by atoms with Crippen LogP contribution in [0.3, 0.4) is 0 Å². The fraction of sp³-hybridized carbons (Fsp3) is 0.121. The highest BCUT2D eigenvalue weighted by Crippen LogP contribution is 2.23. The van der Waals surface area contributed by atoms with Crippen molar-refractivity contribution in [1.82, 2.24) is 5.32 Å². The lowest BCUT2D eigenvalue weighted by molar-refractivity contribution is -0.114. The molecule has 208 valence electrons. The minimum Gasteiger partial charge on any atom is -0.494 e. The van der Waals surface area contributed by atoms with Crippen LogP contribution in [-0.4, -0.2) is 30.1 Å². The molecule has 4 rings (SSSR count). The number of anilines is 2. The third kappa shape index (κ3) is 9.12. The number of hydrogen-bond acceptors (Lipinski definition) is 5. The highest BCUT2D eigenvalue weighted by molar-refractivity contribution is 8.00. The average Bonchev–Trinajstić information content (AvgIpc) is 2.98. The van der Waals surface area contributed by atoms with Crippen LogP contribution in [0.1, 0.15) is 28.4 Å². The van der Waals surface area contributed by atoms with Gasteiger partial charge in [0.1, 0.15) is 11.4 Å². The van der Waals surface area contributed by atoms with Crippen molar-refractivity contribution < 1.29 is 19.1 Å². The Morgan fingerprint density at radius 3 is 2.24 bits per heavy atom. The highest BCUT2D eigenvalue weighted by Gasteiger charge is 2.15. The molecule has 0 aromatic heterocycles. The van der Waals surface area contributed by atoms with E-state index in [4.69, 9.17) is 4.74 Å². The van der Waals surface area contributed by atoms with E-state index in [0.29, 0.717) is 23.6 Å². The molecule has 41 heavy (non-hydrogen) atoms. The molecule has 0 aliphatic rings. The number of ether oxygens (including phenoxy) is 1. The molecule has 0 spiro atoms. The molecule has 0 aliphatic carbocycles. The lowest BCUT2D eigenvalue weighted by atomic mass is 10.1. The van der Waals surface area contributed by atoms with Crippen LogP contribution >= 0.6 is 11.8 Å². The van der Waals surface area contributed by atoms with Crippen LogP contribution < -0.4 is 20.7 Å². The molecular formula is C33H31N3O4S. The molecule has 3 amide bonds. The van der Waals surface area contributed by atoms with Crippen molar-refractivity contribution >= 4 is 46.9 Å². The molecule has 3 N–H and O–H groups in total. The van der Waals surface area contributed by atoms with Gasteiger partial charge in [-0.2, -0.15) is 0 Å². The number of hydrogen-bond donors (Lipinski definition) is 3. The number of carbonyl (C=O) groups excluding carboxylic acids is 3. The van der Waals surface area contributed by atoms with Gasteiger partial charge in [0.2, 0.25) is 5.91 Å². The van der Waals surface area contributed by atoms with Crippen molar-refractivity contribution in [3.63, 3.8) is 0 Å². The summed E-state index contributed by atoms with van der Waals surface area (Å²) in [5, 5.41) is 8.49. The van der Waals surface area contributed by atoms with Crippen molar-refractivity contribution in [2.24, 2.45) is 0 Å². The van der Waals surface area contributed by atoms with Crippen molar-refractivity contribution in [2.45, 2.75) is 18.7 Å². The maximum Gasteiger partial charge on any atom is 0.272 e. The van der Waals surface area contributed by atoms with E-state index >= 15 is 0 Å². The Balaban J connectivity index is 1.45. The van der Waals surface area contributed by atoms with Gasteiger partial charge in [0, 0.05) is 21.8 Å².